The minimum absolute atomic E-state index is 0.0734. The molecule has 102 valence electrons. The van der Waals surface area contributed by atoms with Gasteiger partial charge < -0.3 is 4.74 Å². The first-order valence-corrected chi connectivity index (χ1v) is 5.73. The molecule has 0 atom stereocenters. The molecule has 0 spiro atoms. The number of carbonyl (C=O) groups excluding carboxylic acids is 2. The van der Waals surface area contributed by atoms with Crippen LogP contribution in [-0.4, -0.2) is 17.9 Å². The highest BCUT2D eigenvalue weighted by Crippen LogP contribution is 2.37. The molecular formula is C13H11F3O3. The molecule has 1 aromatic carbocycles. The predicted octanol–water partition coefficient (Wildman–Crippen LogP) is 2.99. The van der Waals surface area contributed by atoms with Gasteiger partial charge in [0.1, 0.15) is 17.3 Å². The topological polar surface area (TPSA) is 43.4 Å². The molecule has 1 saturated carbocycles. The van der Waals surface area contributed by atoms with Crippen molar-refractivity contribution in [3.63, 3.8) is 0 Å². The molecule has 0 unspecified atom stereocenters. The third-order valence-corrected chi connectivity index (χ3v) is 2.93. The summed E-state index contributed by atoms with van der Waals surface area (Å²) in [4.78, 5) is 22.7. The minimum Gasteiger partial charge on any atom is -0.405 e. The lowest BCUT2D eigenvalue weighted by Gasteiger charge is -2.23. The second kappa shape index (κ2) is 5.03. The van der Waals surface area contributed by atoms with Gasteiger partial charge in [-0.25, -0.2) is 0 Å². The zero-order chi connectivity index (χ0) is 14.0. The Morgan fingerprint density at radius 1 is 1.05 bits per heavy atom. The zero-order valence-corrected chi connectivity index (χ0v) is 9.87. The third kappa shape index (κ3) is 3.56. The van der Waals surface area contributed by atoms with E-state index in [4.69, 9.17) is 0 Å². The van der Waals surface area contributed by atoms with Crippen molar-refractivity contribution in [3.05, 3.63) is 29.8 Å². The van der Waals surface area contributed by atoms with Crippen molar-refractivity contribution in [1.29, 1.82) is 0 Å². The highest BCUT2D eigenvalue weighted by atomic mass is 19.4. The molecule has 1 aliphatic rings. The van der Waals surface area contributed by atoms with Crippen LogP contribution in [0.4, 0.5) is 13.2 Å². The molecule has 3 nitrogen and oxygen atoms in total. The summed E-state index contributed by atoms with van der Waals surface area (Å²) in [6.07, 6.45) is -4.77. The highest BCUT2D eigenvalue weighted by Gasteiger charge is 2.34. The Kier molecular flexibility index (Phi) is 3.59. The molecule has 0 N–H and O–H groups in total. The van der Waals surface area contributed by atoms with Gasteiger partial charge in [-0.3, -0.25) is 9.59 Å². The van der Waals surface area contributed by atoms with Crippen LogP contribution in [0.1, 0.15) is 30.7 Å². The maximum Gasteiger partial charge on any atom is 0.573 e. The Bertz CT molecular complexity index is 492. The van der Waals surface area contributed by atoms with Gasteiger partial charge in [0.15, 0.2) is 0 Å². The van der Waals surface area contributed by atoms with Crippen molar-refractivity contribution >= 4 is 11.6 Å². The van der Waals surface area contributed by atoms with E-state index in [0.29, 0.717) is 0 Å². The van der Waals surface area contributed by atoms with Crippen LogP contribution in [0, 0.1) is 0 Å². The van der Waals surface area contributed by atoms with Crippen molar-refractivity contribution in [2.75, 3.05) is 0 Å². The average Bonchev–Trinajstić information content (AvgIpc) is 2.26. The summed E-state index contributed by atoms with van der Waals surface area (Å²) >= 11 is 0. The summed E-state index contributed by atoms with van der Waals surface area (Å²) in [5, 5.41) is 0. The number of halogens is 3. The summed E-state index contributed by atoms with van der Waals surface area (Å²) in [5.41, 5.74) is 0.251. The molecule has 1 fully saturated rings. The van der Waals surface area contributed by atoms with Crippen LogP contribution in [-0.2, 0) is 9.59 Å². The molecule has 0 aromatic heterocycles. The maximum atomic E-state index is 12.3. The lowest BCUT2D eigenvalue weighted by Crippen LogP contribution is -2.23. The molecule has 6 heteroatoms. The lowest BCUT2D eigenvalue weighted by atomic mass is 9.82. The first-order valence-electron chi connectivity index (χ1n) is 5.73. The van der Waals surface area contributed by atoms with E-state index in [1.165, 1.54) is 18.2 Å². The van der Waals surface area contributed by atoms with Crippen LogP contribution < -0.4 is 4.74 Å². The van der Waals surface area contributed by atoms with Gasteiger partial charge in [0.05, 0.1) is 6.42 Å². The number of hydrogen-bond donors (Lipinski definition) is 0. The van der Waals surface area contributed by atoms with Gasteiger partial charge in [-0.1, -0.05) is 18.2 Å². The molecule has 0 heterocycles. The summed E-state index contributed by atoms with van der Waals surface area (Å²) in [5.74, 6) is -1.37. The van der Waals surface area contributed by atoms with Crippen molar-refractivity contribution in [3.8, 4) is 5.75 Å². The molecule has 1 aromatic rings. The largest absolute Gasteiger partial charge is 0.573 e. The average molecular weight is 272 g/mol. The molecular weight excluding hydrogens is 261 g/mol. The van der Waals surface area contributed by atoms with Crippen LogP contribution in [0.25, 0.3) is 0 Å². The predicted molar refractivity (Wildman–Crippen MR) is 59.7 cm³/mol. The van der Waals surface area contributed by atoms with Gasteiger partial charge in [-0.2, -0.15) is 0 Å². The van der Waals surface area contributed by atoms with E-state index in [9.17, 15) is 22.8 Å². The number of Topliss-reactive ketones (excluding diaryl/α,β-unsaturated/α-hetero) is 2. The Labute approximate surface area is 107 Å². The van der Waals surface area contributed by atoms with Crippen molar-refractivity contribution in [1.82, 2.24) is 0 Å². The normalized spacial score (nSPS) is 17.6. The van der Waals surface area contributed by atoms with E-state index in [2.05, 4.69) is 4.74 Å². The van der Waals surface area contributed by atoms with Crippen LogP contribution >= 0.6 is 0 Å². The summed E-state index contributed by atoms with van der Waals surface area (Å²) in [6, 6.07) is 5.61. The van der Waals surface area contributed by atoms with E-state index in [1.807, 2.05) is 0 Å². The van der Waals surface area contributed by atoms with E-state index >= 15 is 0 Å². The first kappa shape index (κ1) is 13.6. The number of carbonyl (C=O) groups is 2. The minimum atomic E-state index is -4.79. The van der Waals surface area contributed by atoms with Crippen LogP contribution in [0.3, 0.4) is 0 Å². The second-order valence-corrected chi connectivity index (χ2v) is 4.44. The number of rotatable bonds is 2. The smallest absolute Gasteiger partial charge is 0.405 e. The molecule has 2 rings (SSSR count). The fourth-order valence-electron chi connectivity index (χ4n) is 2.24. The van der Waals surface area contributed by atoms with Crippen LogP contribution in [0.2, 0.25) is 0 Å². The van der Waals surface area contributed by atoms with E-state index in [0.717, 1.165) is 0 Å². The highest BCUT2D eigenvalue weighted by molar-refractivity contribution is 6.02. The standard InChI is InChI=1S/C13H11F3O3/c14-13(15,16)19-12-4-2-1-3-11(12)8-5-9(17)7-10(18)6-8/h1-4,8H,5-7H2. The number of para-hydroxylation sites is 1. The quantitative estimate of drug-likeness (QED) is 0.777. The molecule has 0 radical (unpaired) electrons. The molecule has 0 amide bonds. The van der Waals surface area contributed by atoms with Gasteiger partial charge in [-0.05, 0) is 11.6 Å². The van der Waals surface area contributed by atoms with Crippen molar-refractivity contribution in [2.24, 2.45) is 0 Å². The van der Waals surface area contributed by atoms with E-state index in [-0.39, 0.29) is 42.1 Å². The fraction of sp³-hybridized carbons (Fsp3) is 0.385. The first-order chi connectivity index (χ1) is 8.85. The Balaban J connectivity index is 2.29. The number of benzene rings is 1. The van der Waals surface area contributed by atoms with Crippen LogP contribution in [0.5, 0.6) is 5.75 Å². The van der Waals surface area contributed by atoms with Gasteiger partial charge in [0.2, 0.25) is 0 Å². The SMILES string of the molecule is O=C1CC(=O)CC(c2ccccc2OC(F)(F)F)C1. The van der Waals surface area contributed by atoms with E-state index in [1.54, 1.807) is 6.07 Å². The maximum absolute atomic E-state index is 12.3. The van der Waals surface area contributed by atoms with Gasteiger partial charge in [0, 0.05) is 18.8 Å². The summed E-state index contributed by atoms with van der Waals surface area (Å²) in [6.45, 7) is 0. The summed E-state index contributed by atoms with van der Waals surface area (Å²) in [7, 11) is 0. The van der Waals surface area contributed by atoms with Gasteiger partial charge in [0.25, 0.3) is 0 Å². The third-order valence-electron chi connectivity index (χ3n) is 2.93. The summed E-state index contributed by atoms with van der Waals surface area (Å²) < 4.78 is 40.8. The second-order valence-electron chi connectivity index (χ2n) is 4.44. The molecule has 0 aliphatic heterocycles. The Morgan fingerprint density at radius 2 is 1.63 bits per heavy atom. The Hall–Kier alpha value is -1.85. The zero-order valence-electron chi connectivity index (χ0n) is 9.87. The van der Waals surface area contributed by atoms with E-state index < -0.39 is 12.3 Å². The molecule has 0 bridgehead atoms. The number of ether oxygens (including phenoxy) is 1. The van der Waals surface area contributed by atoms with Gasteiger partial charge >= 0.3 is 6.36 Å². The molecule has 19 heavy (non-hydrogen) atoms. The monoisotopic (exact) mass is 272 g/mol. The van der Waals surface area contributed by atoms with Crippen molar-refractivity contribution < 1.29 is 27.5 Å². The number of alkyl halides is 3. The molecule has 1 aliphatic carbocycles. The number of hydrogen-bond acceptors (Lipinski definition) is 3. The number of ketones is 2. The molecule has 0 saturated heterocycles. The van der Waals surface area contributed by atoms with Gasteiger partial charge in [-0.15, -0.1) is 13.2 Å². The lowest BCUT2D eigenvalue weighted by molar-refractivity contribution is -0.275. The Morgan fingerprint density at radius 3 is 2.21 bits per heavy atom. The fourth-order valence-corrected chi connectivity index (χ4v) is 2.24. The van der Waals surface area contributed by atoms with Crippen molar-refractivity contribution in [2.45, 2.75) is 31.5 Å². The van der Waals surface area contributed by atoms with Crippen LogP contribution in [0.15, 0.2) is 24.3 Å².